The van der Waals surface area contributed by atoms with Crippen LogP contribution in [0.3, 0.4) is 0 Å². The first-order valence-corrected chi connectivity index (χ1v) is 43.2. The summed E-state index contributed by atoms with van der Waals surface area (Å²) in [6.45, 7) is 42.5. The van der Waals surface area contributed by atoms with Gasteiger partial charge in [0.1, 0.15) is 49.3 Å². The van der Waals surface area contributed by atoms with Crippen molar-refractivity contribution in [2.75, 3.05) is 66.6 Å². The van der Waals surface area contributed by atoms with E-state index in [-0.39, 0.29) is 12.1 Å². The molecule has 3 aromatic carbocycles. The number of nitrogens with zero attached hydrogens (tertiary/aromatic N) is 6. The fourth-order valence-corrected chi connectivity index (χ4v) is 14.5. The van der Waals surface area contributed by atoms with Gasteiger partial charge in [0.25, 0.3) is 0 Å². The second-order valence-electron chi connectivity index (χ2n) is 30.9. The molecule has 0 bridgehead atoms. The molecule has 616 valence electrons. The number of rotatable bonds is 8. The van der Waals surface area contributed by atoms with Gasteiger partial charge in [-0.2, -0.15) is 0 Å². The Bertz CT molecular complexity index is 4050. The van der Waals surface area contributed by atoms with Gasteiger partial charge in [-0.05, 0) is 242 Å². The van der Waals surface area contributed by atoms with E-state index in [1.165, 1.54) is 139 Å². The second kappa shape index (κ2) is 52.9. The number of hydrogen-bond donors (Lipinski definition) is 4. The fourth-order valence-electron chi connectivity index (χ4n) is 13.0. The summed E-state index contributed by atoms with van der Waals surface area (Å²) in [6, 6.07) is 35.8. The van der Waals surface area contributed by atoms with Gasteiger partial charge in [-0.1, -0.05) is 195 Å². The number of aliphatic imine (C=N–C) groups is 3. The average molecular weight is 1590 g/mol. The molecule has 2 aromatic heterocycles. The topological polar surface area (TPSA) is 135 Å². The number of allylic oxidation sites excluding steroid dienone is 13. The van der Waals surface area contributed by atoms with Gasteiger partial charge in [-0.3, -0.25) is 14.9 Å². The molecule has 16 heteroatoms. The van der Waals surface area contributed by atoms with E-state index in [1.54, 1.807) is 30.2 Å². The molecule has 9 aliphatic heterocycles. The maximum Gasteiger partial charge on any atom is 0.173 e. The van der Waals surface area contributed by atoms with E-state index in [1.807, 2.05) is 160 Å². The van der Waals surface area contributed by atoms with Crippen LogP contribution in [0.15, 0.2) is 293 Å². The summed E-state index contributed by atoms with van der Waals surface area (Å²) in [5, 5.41) is 11.1. The Morgan fingerprint density at radius 2 is 1.30 bits per heavy atom. The zero-order valence-corrected chi connectivity index (χ0v) is 73.1. The molecule has 115 heavy (non-hydrogen) atoms. The van der Waals surface area contributed by atoms with Crippen LogP contribution in [0, 0.1) is 51.4 Å². The van der Waals surface area contributed by atoms with E-state index in [0.29, 0.717) is 35.2 Å². The lowest BCUT2D eigenvalue weighted by Gasteiger charge is -2.28. The molecule has 0 radical (unpaired) electrons. The molecule has 4 N–H and O–H groups in total. The Hall–Kier alpha value is -9.45. The minimum Gasteiger partial charge on any atom is -0.492 e. The van der Waals surface area contributed by atoms with Crippen molar-refractivity contribution in [3.05, 3.63) is 299 Å². The van der Waals surface area contributed by atoms with Crippen LogP contribution >= 0.6 is 23.1 Å². The molecular formula is C99H135N10O4S2+. The minimum atomic E-state index is 0.170. The van der Waals surface area contributed by atoms with Crippen LogP contribution in [0.5, 0.6) is 22.3 Å². The van der Waals surface area contributed by atoms with Crippen LogP contribution in [0.4, 0.5) is 0 Å². The molecular weight excluding hydrogens is 1460 g/mol. The number of para-hydroxylation sites is 1. The summed E-state index contributed by atoms with van der Waals surface area (Å²) in [6.07, 6.45) is 60.0. The van der Waals surface area contributed by atoms with E-state index < -0.39 is 0 Å². The molecule has 8 unspecified atom stereocenters. The maximum atomic E-state index is 5.72. The molecule has 0 amide bonds. The third kappa shape index (κ3) is 38.2. The average Bonchev–Trinajstić information content (AvgIpc) is 1.74. The number of aromatic nitrogens is 1. The number of hydrogen-bond acceptors (Lipinski definition) is 14. The highest BCUT2D eigenvalue weighted by Gasteiger charge is 2.25. The number of aryl methyl sites for hydroxylation is 4. The predicted octanol–water partition coefficient (Wildman–Crippen LogP) is 22.4. The third-order valence-corrected chi connectivity index (χ3v) is 22.4. The first kappa shape index (κ1) is 92.7. The summed E-state index contributed by atoms with van der Waals surface area (Å²) >= 11 is 3.47. The van der Waals surface area contributed by atoms with Gasteiger partial charge in [0.15, 0.2) is 17.7 Å². The normalized spacial score (nSPS) is 23.2. The van der Waals surface area contributed by atoms with Crippen molar-refractivity contribution in [3.63, 3.8) is 0 Å². The van der Waals surface area contributed by atoms with Crippen molar-refractivity contribution in [1.82, 2.24) is 30.7 Å². The van der Waals surface area contributed by atoms with Gasteiger partial charge in [0.2, 0.25) is 0 Å². The number of fused-ring (bicyclic) bond motifs is 4. The van der Waals surface area contributed by atoms with Crippen molar-refractivity contribution in [2.45, 2.75) is 176 Å². The highest BCUT2D eigenvalue weighted by Crippen LogP contribution is 2.30. The number of likely N-dealkylation sites (tertiary alicyclic amines) is 2. The van der Waals surface area contributed by atoms with Gasteiger partial charge >= 0.3 is 0 Å². The lowest BCUT2D eigenvalue weighted by atomic mass is 9.93. The zero-order valence-electron chi connectivity index (χ0n) is 71.5. The van der Waals surface area contributed by atoms with Crippen molar-refractivity contribution in [3.8, 4) is 22.3 Å². The first-order chi connectivity index (χ1) is 55.6. The zero-order chi connectivity index (χ0) is 82.4. The minimum absolute atomic E-state index is 0.170. The van der Waals surface area contributed by atoms with Gasteiger partial charge in [-0.25, -0.2) is 9.57 Å². The number of dihydropyridines is 1. The van der Waals surface area contributed by atoms with Gasteiger partial charge < -0.3 is 44.8 Å². The molecule has 14 nitrogen and oxygen atoms in total. The molecule has 18 rings (SSSR count). The van der Waals surface area contributed by atoms with Crippen molar-refractivity contribution >= 4 is 47.5 Å². The molecule has 3 saturated heterocycles. The van der Waals surface area contributed by atoms with Gasteiger partial charge in [-0.15, -0.1) is 23.1 Å². The smallest absolute Gasteiger partial charge is 0.173 e. The molecule has 3 fully saturated rings. The third-order valence-electron chi connectivity index (χ3n) is 20.4. The van der Waals surface area contributed by atoms with Crippen molar-refractivity contribution in [1.29, 1.82) is 0 Å². The Kier molecular flexibility index (Phi) is 42.7. The molecule has 13 aliphatic rings. The van der Waals surface area contributed by atoms with Crippen LogP contribution in [0.1, 0.15) is 135 Å². The number of aromatic amines is 1. The van der Waals surface area contributed by atoms with E-state index in [2.05, 4.69) is 236 Å². The van der Waals surface area contributed by atoms with Crippen molar-refractivity contribution < 1.29 is 23.5 Å². The van der Waals surface area contributed by atoms with E-state index in [9.17, 15) is 0 Å². The Labute approximate surface area is 700 Å². The standard InChI is InChI=1S/C14H21NO.C13H12O.2C9H11N.C8H9NO.C8H9NS.C8H17N.C7H13N.C7H9N.C6H8OS.C5H8N.C5H7N/c1-13-5-7-14(8-6-13)16-12-11-15-9-3-2-4-10-15;1-11-7-9-13(10-8-11)14-12-5-3-2-4-6-12;2*1-7-2-3-8-4-5-10-9(8)6-7;2*1-6-2-3-8-7(4-6)9-5-10-8;1-3-9-6-4-8(2)5-7-9;2*1-6-3-4-7(2)8-5-6;1-5-3-4-6(7-2)8-5;1-6-4-2-3-5-6;1-5-3-2-4-6-5/h5-8H,2-4,9-12H2,1H3;2-10H,1H3;2-3,5-6,8-9H,4H2,1H3;2-6,8-10H,1H3;2*2-5,7-8H,1H3;8H,3-7H2,1-2H3;6,8H,2-5H2,1H3;3-5,8H,2H2,1H3;3-4H,1-2H3;2,4-5H,3H2,1H3;2-4,6H,1H3/q;;;;;;;;;;+1;/t;;;;;;;6-;;;;/m.......1..../s1. The van der Waals surface area contributed by atoms with E-state index in [4.69, 9.17) is 18.9 Å². The molecule has 5 aromatic rings. The number of H-pyrrole nitrogens is 1. The monoisotopic (exact) mass is 1590 g/mol. The highest BCUT2D eigenvalue weighted by atomic mass is 32.2. The van der Waals surface area contributed by atoms with Crippen LogP contribution < -0.4 is 30.2 Å². The molecule has 11 heterocycles. The summed E-state index contributed by atoms with van der Waals surface area (Å²) in [7, 11) is 3.72. The molecule has 4 aliphatic carbocycles. The van der Waals surface area contributed by atoms with Crippen LogP contribution in [0.2, 0.25) is 0 Å². The van der Waals surface area contributed by atoms with Gasteiger partial charge in [0.05, 0.1) is 36.0 Å². The number of methoxy groups -OCH3 is 1. The number of nitrogens with one attached hydrogen (secondary N) is 4. The summed E-state index contributed by atoms with van der Waals surface area (Å²) < 4.78 is 23.5. The second-order valence-corrected chi connectivity index (χ2v) is 33.2. The molecule has 0 saturated carbocycles. The summed E-state index contributed by atoms with van der Waals surface area (Å²) in [4.78, 5) is 22.1. The quantitative estimate of drug-likeness (QED) is 0.111. The molecule has 9 atom stereocenters. The Morgan fingerprint density at radius 3 is 1.87 bits per heavy atom. The summed E-state index contributed by atoms with van der Waals surface area (Å²) in [5.74, 6) is 5.83. The Balaban J connectivity index is 0.000000175. The number of ether oxygens (including phenoxy) is 4. The van der Waals surface area contributed by atoms with Crippen molar-refractivity contribution in [2.24, 2.45) is 38.6 Å². The van der Waals surface area contributed by atoms with Crippen LogP contribution in [-0.2, 0) is 4.74 Å². The van der Waals surface area contributed by atoms with E-state index in [0.717, 1.165) is 72.4 Å². The van der Waals surface area contributed by atoms with Crippen LogP contribution in [-0.4, -0.2) is 146 Å². The van der Waals surface area contributed by atoms with Crippen LogP contribution in [0.25, 0.3) is 0 Å². The fraction of sp³-hybridized carbons (Fsp3) is 0.414. The van der Waals surface area contributed by atoms with E-state index >= 15 is 0 Å². The predicted molar refractivity (Wildman–Crippen MR) is 495 cm³/mol. The highest BCUT2D eigenvalue weighted by molar-refractivity contribution is 8.13. The lowest BCUT2D eigenvalue weighted by molar-refractivity contribution is -0.413. The maximum absolute atomic E-state index is 5.72. The summed E-state index contributed by atoms with van der Waals surface area (Å²) in [5.41, 5.74) is 14.4. The Morgan fingerprint density at radius 1 is 0.626 bits per heavy atom. The van der Waals surface area contributed by atoms with Gasteiger partial charge in [0, 0.05) is 71.9 Å². The SMILES string of the molecule is C=C1C=CC(C)=CN1.C=C1CC[C@@H](C)CN1.CC1=CC2N=CCC2C=C1.CC1=CC2N=COC2C=C1.CC1=CC2N=CSC2C=C1.CC1=CC2NC=CC2C=C1.CCN1CCC(C)CC1.COc1ccc(C)s1.C[N+]1=CCC=C1.Cc1ccc(OCCN2CCCCC2)cc1.Cc1ccc(Oc2ccccc2)cc1.Cc1ccc[nH]1. The molecule has 0 spiro atoms. The number of thiophene rings is 1. The first-order valence-electron chi connectivity index (χ1n) is 41.5. The number of piperidine rings is 3. The number of thioether (sulfide) groups is 1. The number of benzene rings is 3. The lowest BCUT2D eigenvalue weighted by Crippen LogP contribution is -2.33. The largest absolute Gasteiger partial charge is 0.492 e.